The van der Waals surface area contributed by atoms with Crippen LogP contribution in [0.4, 0.5) is 0 Å². The van der Waals surface area contributed by atoms with Gasteiger partial charge in [-0.15, -0.1) is 31.2 Å². The number of likely N-dealkylation sites (tertiary alicyclic amines) is 1. The number of fused-ring (bicyclic) bond motifs is 1. The standard InChI is InChI=1S/C29H37N3O.2ClH/c1-4-16-30(2)23-27-20-26-21-28(12-13-29(26)31(27)3)33-19-8-11-24-14-17-32(18-15-24)22-25-9-6-5-7-10-25;;/h1,5-7,9-10,12-13,20-21,24H,8,11,14-19,22-23H2,2-3H3;2*1H. The van der Waals surface area contributed by atoms with E-state index in [-0.39, 0.29) is 24.8 Å². The molecule has 1 aliphatic heterocycles. The summed E-state index contributed by atoms with van der Waals surface area (Å²) in [5, 5.41) is 1.23. The Labute approximate surface area is 223 Å². The number of ether oxygens (including phenoxy) is 1. The molecule has 2 heterocycles. The summed E-state index contributed by atoms with van der Waals surface area (Å²) in [6.07, 6.45) is 10.4. The van der Waals surface area contributed by atoms with E-state index in [4.69, 9.17) is 11.2 Å². The average Bonchev–Trinajstić information content (AvgIpc) is 3.13. The topological polar surface area (TPSA) is 20.6 Å². The van der Waals surface area contributed by atoms with E-state index in [2.05, 4.69) is 89.0 Å². The molecule has 35 heavy (non-hydrogen) atoms. The SMILES string of the molecule is C#CCN(C)Cc1cc2cc(OCCCC3CCN(Cc4ccccc4)CC3)ccc2n1C.Cl.Cl. The number of rotatable bonds is 10. The van der Waals surface area contributed by atoms with Gasteiger partial charge >= 0.3 is 0 Å². The normalized spacial score (nSPS) is 14.3. The number of aromatic nitrogens is 1. The highest BCUT2D eigenvalue weighted by atomic mass is 35.5. The van der Waals surface area contributed by atoms with E-state index < -0.39 is 0 Å². The first kappa shape index (κ1) is 29.1. The van der Waals surface area contributed by atoms with E-state index in [1.165, 1.54) is 54.5 Å². The number of halogens is 2. The lowest BCUT2D eigenvalue weighted by Crippen LogP contribution is -2.33. The molecule has 0 spiro atoms. The van der Waals surface area contributed by atoms with Gasteiger partial charge in [0.05, 0.1) is 13.2 Å². The van der Waals surface area contributed by atoms with Gasteiger partial charge in [0.2, 0.25) is 0 Å². The Kier molecular flexibility index (Phi) is 12.0. The maximum atomic E-state index is 6.12. The third kappa shape index (κ3) is 8.19. The van der Waals surface area contributed by atoms with Gasteiger partial charge in [-0.25, -0.2) is 0 Å². The van der Waals surface area contributed by atoms with Crippen LogP contribution in [0.2, 0.25) is 0 Å². The Balaban J connectivity index is 0.00000216. The van der Waals surface area contributed by atoms with Crippen LogP contribution in [0.1, 0.15) is 36.9 Å². The van der Waals surface area contributed by atoms with Gasteiger partial charge < -0.3 is 9.30 Å². The second-order valence-electron chi connectivity index (χ2n) is 9.49. The quantitative estimate of drug-likeness (QED) is 0.238. The fourth-order valence-corrected chi connectivity index (χ4v) is 4.95. The second kappa shape index (κ2) is 14.4. The predicted octanol–water partition coefficient (Wildman–Crippen LogP) is 6.16. The van der Waals surface area contributed by atoms with Gasteiger partial charge in [-0.2, -0.15) is 0 Å². The molecule has 0 N–H and O–H groups in total. The fourth-order valence-electron chi connectivity index (χ4n) is 4.95. The van der Waals surface area contributed by atoms with E-state index in [0.717, 1.165) is 37.8 Å². The molecule has 0 aliphatic carbocycles. The average molecular weight is 517 g/mol. The summed E-state index contributed by atoms with van der Waals surface area (Å²) in [6.45, 7) is 5.80. The van der Waals surface area contributed by atoms with Gasteiger partial charge in [-0.1, -0.05) is 36.3 Å². The zero-order valence-corrected chi connectivity index (χ0v) is 22.6. The van der Waals surface area contributed by atoms with E-state index in [0.29, 0.717) is 6.54 Å². The lowest BCUT2D eigenvalue weighted by Gasteiger charge is -2.32. The van der Waals surface area contributed by atoms with Crippen LogP contribution in [0, 0.1) is 18.3 Å². The van der Waals surface area contributed by atoms with Crippen molar-refractivity contribution < 1.29 is 4.74 Å². The highest BCUT2D eigenvalue weighted by molar-refractivity contribution is 5.85. The molecule has 4 rings (SSSR count). The van der Waals surface area contributed by atoms with Gasteiger partial charge in [-0.05, 0) is 81.6 Å². The Morgan fingerprint density at radius 3 is 2.51 bits per heavy atom. The third-order valence-corrected chi connectivity index (χ3v) is 6.89. The molecule has 1 aliphatic rings. The van der Waals surface area contributed by atoms with Gasteiger partial charge in [-0.3, -0.25) is 9.80 Å². The Morgan fingerprint density at radius 2 is 1.80 bits per heavy atom. The van der Waals surface area contributed by atoms with E-state index in [1.807, 2.05) is 0 Å². The number of hydrogen-bond donors (Lipinski definition) is 0. The first-order valence-electron chi connectivity index (χ1n) is 12.2. The Morgan fingerprint density at radius 1 is 1.06 bits per heavy atom. The van der Waals surface area contributed by atoms with Gasteiger partial charge in [0.15, 0.2) is 0 Å². The third-order valence-electron chi connectivity index (χ3n) is 6.89. The molecule has 1 fully saturated rings. The molecule has 6 heteroatoms. The van der Waals surface area contributed by atoms with Crippen LogP contribution in [-0.4, -0.2) is 47.7 Å². The van der Waals surface area contributed by atoms with Crippen LogP contribution in [0.3, 0.4) is 0 Å². The number of nitrogens with zero attached hydrogens (tertiary/aromatic N) is 3. The highest BCUT2D eigenvalue weighted by Crippen LogP contribution is 2.26. The van der Waals surface area contributed by atoms with Crippen molar-refractivity contribution in [1.29, 1.82) is 0 Å². The van der Waals surface area contributed by atoms with E-state index in [9.17, 15) is 0 Å². The van der Waals surface area contributed by atoms with Crippen molar-refractivity contribution in [1.82, 2.24) is 14.4 Å². The molecule has 3 aromatic rings. The number of benzene rings is 2. The molecule has 0 amide bonds. The van der Waals surface area contributed by atoms with Crippen LogP contribution >= 0.6 is 24.8 Å². The van der Waals surface area contributed by atoms with Crippen LogP contribution in [-0.2, 0) is 20.1 Å². The van der Waals surface area contributed by atoms with Crippen molar-refractivity contribution in [2.75, 3.05) is 33.3 Å². The number of terminal acetylenes is 1. The number of piperidine rings is 1. The minimum Gasteiger partial charge on any atom is -0.494 e. The molecule has 0 unspecified atom stereocenters. The summed E-state index contributed by atoms with van der Waals surface area (Å²) < 4.78 is 8.36. The summed E-state index contributed by atoms with van der Waals surface area (Å²) in [6, 6.07) is 19.5. The fraction of sp³-hybridized carbons (Fsp3) is 0.448. The molecule has 0 bridgehead atoms. The minimum atomic E-state index is 0. The molecule has 190 valence electrons. The van der Waals surface area contributed by atoms with Crippen molar-refractivity contribution in [3.8, 4) is 18.1 Å². The molecule has 1 saturated heterocycles. The lowest BCUT2D eigenvalue weighted by atomic mass is 9.92. The minimum absolute atomic E-state index is 0. The van der Waals surface area contributed by atoms with E-state index >= 15 is 0 Å². The van der Waals surface area contributed by atoms with Gasteiger partial charge in [0.1, 0.15) is 5.75 Å². The van der Waals surface area contributed by atoms with Gasteiger partial charge in [0, 0.05) is 36.7 Å². The monoisotopic (exact) mass is 515 g/mol. The summed E-state index contributed by atoms with van der Waals surface area (Å²) >= 11 is 0. The van der Waals surface area contributed by atoms with E-state index in [1.54, 1.807) is 0 Å². The summed E-state index contributed by atoms with van der Waals surface area (Å²) in [4.78, 5) is 4.74. The van der Waals surface area contributed by atoms with Crippen molar-refractivity contribution >= 4 is 35.7 Å². The first-order valence-corrected chi connectivity index (χ1v) is 12.2. The summed E-state index contributed by atoms with van der Waals surface area (Å²) in [7, 11) is 4.17. The lowest BCUT2D eigenvalue weighted by molar-refractivity contribution is 0.166. The summed E-state index contributed by atoms with van der Waals surface area (Å²) in [5.41, 5.74) is 3.92. The molecule has 1 aromatic heterocycles. The van der Waals surface area contributed by atoms with Gasteiger partial charge in [0.25, 0.3) is 0 Å². The zero-order chi connectivity index (χ0) is 23.0. The predicted molar refractivity (Wildman–Crippen MR) is 152 cm³/mol. The Hall–Kier alpha value is -2.16. The number of aryl methyl sites for hydroxylation is 1. The molecule has 0 radical (unpaired) electrons. The van der Waals surface area contributed by atoms with Crippen molar-refractivity contribution in [2.24, 2.45) is 13.0 Å². The highest BCUT2D eigenvalue weighted by Gasteiger charge is 2.19. The second-order valence-corrected chi connectivity index (χ2v) is 9.49. The zero-order valence-electron chi connectivity index (χ0n) is 21.0. The number of hydrogen-bond acceptors (Lipinski definition) is 3. The largest absolute Gasteiger partial charge is 0.494 e. The molecule has 0 saturated carbocycles. The Bertz CT molecular complexity index is 1070. The maximum absolute atomic E-state index is 6.12. The molecule has 2 aromatic carbocycles. The summed E-state index contributed by atoms with van der Waals surface area (Å²) in [5.74, 6) is 4.51. The molecular formula is C29H39Cl2N3O. The van der Waals surface area contributed by atoms with Crippen LogP contribution in [0.5, 0.6) is 5.75 Å². The van der Waals surface area contributed by atoms with Crippen LogP contribution in [0.25, 0.3) is 10.9 Å². The first-order chi connectivity index (χ1) is 16.1. The smallest absolute Gasteiger partial charge is 0.120 e. The molecular weight excluding hydrogens is 477 g/mol. The maximum Gasteiger partial charge on any atom is 0.120 e. The molecule has 4 nitrogen and oxygen atoms in total. The molecule has 0 atom stereocenters. The van der Waals surface area contributed by atoms with Crippen LogP contribution < -0.4 is 4.74 Å². The van der Waals surface area contributed by atoms with Crippen molar-refractivity contribution in [3.63, 3.8) is 0 Å². The van der Waals surface area contributed by atoms with Crippen LogP contribution in [0.15, 0.2) is 54.6 Å². The van der Waals surface area contributed by atoms with Crippen molar-refractivity contribution in [2.45, 2.75) is 38.8 Å². The van der Waals surface area contributed by atoms with Crippen molar-refractivity contribution in [3.05, 3.63) is 65.9 Å².